The summed E-state index contributed by atoms with van der Waals surface area (Å²) in [6, 6.07) is 31.8. The number of nitrogens with zero attached hydrogens (tertiary/aromatic N) is 7. The minimum atomic E-state index is 0.00641. The standard InChI is InChI=1S/C43H39N7/c1-42(2,3)37-19-34(20-38(21-37)43(4,5)6)28-10-7-13-31(16-28)39-48-40(32-14-8-11-29(17-32)35-22-44-26-45-23-35)50-41(49-39)33-15-9-12-30(18-33)36-24-46-27-47-25-36/h7-27H,1-6H3. The number of hydrogen-bond acceptors (Lipinski definition) is 7. The Morgan fingerprint density at radius 1 is 0.340 bits per heavy atom. The van der Waals surface area contributed by atoms with Crippen molar-refractivity contribution in [2.45, 2.75) is 52.4 Å². The van der Waals surface area contributed by atoms with Gasteiger partial charge in [0.2, 0.25) is 0 Å². The predicted octanol–water partition coefficient (Wildman–Crippen LogP) is 10.0. The van der Waals surface area contributed by atoms with E-state index in [0.717, 1.165) is 44.5 Å². The Kier molecular flexibility index (Phi) is 8.58. The molecule has 3 heterocycles. The molecule has 246 valence electrons. The number of aromatic nitrogens is 7. The zero-order valence-electron chi connectivity index (χ0n) is 29.3. The van der Waals surface area contributed by atoms with Crippen molar-refractivity contribution in [3.8, 4) is 67.5 Å². The van der Waals surface area contributed by atoms with Crippen LogP contribution in [0.3, 0.4) is 0 Å². The molecule has 0 unspecified atom stereocenters. The number of benzene rings is 4. The van der Waals surface area contributed by atoms with Gasteiger partial charge in [-0.2, -0.15) is 0 Å². The Labute approximate surface area is 293 Å². The molecular formula is C43H39N7. The minimum absolute atomic E-state index is 0.00641. The first-order valence-corrected chi connectivity index (χ1v) is 16.8. The van der Waals surface area contributed by atoms with Crippen molar-refractivity contribution in [1.29, 1.82) is 0 Å². The van der Waals surface area contributed by atoms with Crippen molar-refractivity contribution < 1.29 is 0 Å². The third-order valence-corrected chi connectivity index (χ3v) is 8.78. The average Bonchev–Trinajstić information content (AvgIpc) is 3.14. The molecule has 0 bridgehead atoms. The van der Waals surface area contributed by atoms with Gasteiger partial charge in [-0.25, -0.2) is 34.9 Å². The van der Waals surface area contributed by atoms with Crippen molar-refractivity contribution in [1.82, 2.24) is 34.9 Å². The second kappa shape index (κ2) is 13.2. The van der Waals surface area contributed by atoms with Crippen LogP contribution in [0.15, 0.2) is 128 Å². The summed E-state index contributed by atoms with van der Waals surface area (Å²) in [5, 5.41) is 0. The van der Waals surface area contributed by atoms with Gasteiger partial charge in [0.15, 0.2) is 17.5 Å². The van der Waals surface area contributed by atoms with Gasteiger partial charge in [0.1, 0.15) is 12.7 Å². The second-order valence-electron chi connectivity index (χ2n) is 14.6. The average molecular weight is 654 g/mol. The molecule has 3 aromatic heterocycles. The van der Waals surface area contributed by atoms with Gasteiger partial charge >= 0.3 is 0 Å². The van der Waals surface area contributed by atoms with Crippen molar-refractivity contribution in [3.05, 3.63) is 140 Å². The van der Waals surface area contributed by atoms with Gasteiger partial charge < -0.3 is 0 Å². The first-order valence-electron chi connectivity index (χ1n) is 16.8. The molecule has 4 aromatic carbocycles. The summed E-state index contributed by atoms with van der Waals surface area (Å²) >= 11 is 0. The van der Waals surface area contributed by atoms with Crippen molar-refractivity contribution >= 4 is 0 Å². The lowest BCUT2D eigenvalue weighted by Crippen LogP contribution is -2.16. The molecule has 0 amide bonds. The Bertz CT molecular complexity index is 2150. The van der Waals surface area contributed by atoms with E-state index in [0.29, 0.717) is 17.5 Å². The highest BCUT2D eigenvalue weighted by molar-refractivity contribution is 5.76. The highest BCUT2D eigenvalue weighted by Gasteiger charge is 2.21. The molecule has 0 aliphatic heterocycles. The zero-order valence-corrected chi connectivity index (χ0v) is 29.3. The third-order valence-electron chi connectivity index (χ3n) is 8.78. The van der Waals surface area contributed by atoms with E-state index in [4.69, 9.17) is 15.0 Å². The van der Waals surface area contributed by atoms with Crippen LogP contribution in [-0.4, -0.2) is 34.9 Å². The molecule has 0 N–H and O–H groups in total. The molecule has 7 nitrogen and oxygen atoms in total. The predicted molar refractivity (Wildman–Crippen MR) is 201 cm³/mol. The maximum absolute atomic E-state index is 5.09. The van der Waals surface area contributed by atoms with Crippen LogP contribution in [0.1, 0.15) is 52.7 Å². The summed E-state index contributed by atoms with van der Waals surface area (Å²) in [4.78, 5) is 32.1. The van der Waals surface area contributed by atoms with E-state index < -0.39 is 0 Å². The van der Waals surface area contributed by atoms with Crippen LogP contribution in [0.4, 0.5) is 0 Å². The summed E-state index contributed by atoms with van der Waals surface area (Å²) in [5.74, 6) is 1.75. The van der Waals surface area contributed by atoms with Gasteiger partial charge in [0, 0.05) is 52.6 Å². The van der Waals surface area contributed by atoms with Crippen molar-refractivity contribution in [2.24, 2.45) is 0 Å². The summed E-state index contributed by atoms with van der Waals surface area (Å²) in [5.41, 5.74) is 11.4. The fraction of sp³-hybridized carbons (Fsp3) is 0.186. The monoisotopic (exact) mass is 653 g/mol. The first-order chi connectivity index (χ1) is 24.0. The molecule has 7 aromatic rings. The highest BCUT2D eigenvalue weighted by Crippen LogP contribution is 2.36. The van der Waals surface area contributed by atoms with Crippen molar-refractivity contribution in [3.63, 3.8) is 0 Å². The van der Waals surface area contributed by atoms with Crippen LogP contribution < -0.4 is 0 Å². The Morgan fingerprint density at radius 3 is 1.00 bits per heavy atom. The third kappa shape index (κ3) is 7.08. The topological polar surface area (TPSA) is 90.2 Å². The number of hydrogen-bond donors (Lipinski definition) is 0. The van der Waals surface area contributed by atoms with E-state index in [1.54, 1.807) is 24.8 Å². The SMILES string of the molecule is CC(C)(C)c1cc(-c2cccc(-c3nc(-c4cccc(-c5cncnc5)c4)nc(-c4cccc(-c5cncnc5)c4)n3)c2)cc(C(C)(C)C)c1. The molecule has 0 saturated heterocycles. The molecule has 0 radical (unpaired) electrons. The lowest BCUT2D eigenvalue weighted by Gasteiger charge is -2.26. The smallest absolute Gasteiger partial charge is 0.164 e. The van der Waals surface area contributed by atoms with Gasteiger partial charge in [-0.1, -0.05) is 114 Å². The molecule has 50 heavy (non-hydrogen) atoms. The number of rotatable bonds is 6. The van der Waals surface area contributed by atoms with Crippen LogP contribution >= 0.6 is 0 Å². The highest BCUT2D eigenvalue weighted by atomic mass is 15.0. The molecular weight excluding hydrogens is 615 g/mol. The molecule has 0 atom stereocenters. The van der Waals surface area contributed by atoms with Gasteiger partial charge in [-0.15, -0.1) is 0 Å². The van der Waals surface area contributed by atoms with E-state index in [9.17, 15) is 0 Å². The second-order valence-corrected chi connectivity index (χ2v) is 14.6. The summed E-state index contributed by atoms with van der Waals surface area (Å²) in [6.45, 7) is 13.6. The molecule has 0 aliphatic carbocycles. The minimum Gasteiger partial charge on any atom is -0.244 e. The molecule has 7 rings (SSSR count). The van der Waals surface area contributed by atoms with E-state index in [2.05, 4.69) is 116 Å². The van der Waals surface area contributed by atoms with Gasteiger partial charge in [-0.3, -0.25) is 0 Å². The first kappa shape index (κ1) is 32.6. The van der Waals surface area contributed by atoms with Gasteiger partial charge in [0.25, 0.3) is 0 Å². The van der Waals surface area contributed by atoms with Crippen LogP contribution in [0.5, 0.6) is 0 Å². The zero-order chi connectivity index (χ0) is 34.9. The van der Waals surface area contributed by atoms with Crippen LogP contribution in [-0.2, 0) is 10.8 Å². The lowest BCUT2D eigenvalue weighted by molar-refractivity contribution is 0.569. The lowest BCUT2D eigenvalue weighted by atomic mass is 9.79. The molecule has 7 heteroatoms. The van der Waals surface area contributed by atoms with Gasteiger partial charge in [0.05, 0.1) is 0 Å². The maximum Gasteiger partial charge on any atom is 0.164 e. The Morgan fingerprint density at radius 2 is 0.660 bits per heavy atom. The van der Waals surface area contributed by atoms with Gasteiger partial charge in [-0.05, 0) is 62.4 Å². The largest absolute Gasteiger partial charge is 0.244 e. The quantitative estimate of drug-likeness (QED) is 0.176. The summed E-state index contributed by atoms with van der Waals surface area (Å²) < 4.78 is 0. The Balaban J connectivity index is 1.38. The Hall–Kier alpha value is -5.95. The summed E-state index contributed by atoms with van der Waals surface area (Å²) in [7, 11) is 0. The van der Waals surface area contributed by atoms with Crippen molar-refractivity contribution in [2.75, 3.05) is 0 Å². The van der Waals surface area contributed by atoms with Crippen LogP contribution in [0, 0.1) is 0 Å². The van der Waals surface area contributed by atoms with E-state index in [1.807, 2.05) is 36.4 Å². The molecule has 0 saturated carbocycles. The van der Waals surface area contributed by atoms with Crippen LogP contribution in [0.25, 0.3) is 67.5 Å². The molecule has 0 aliphatic rings. The summed E-state index contributed by atoms with van der Waals surface area (Å²) in [6.07, 6.45) is 10.3. The van der Waals surface area contributed by atoms with E-state index in [-0.39, 0.29) is 10.8 Å². The van der Waals surface area contributed by atoms with E-state index >= 15 is 0 Å². The maximum atomic E-state index is 5.09. The normalized spacial score (nSPS) is 11.8. The fourth-order valence-electron chi connectivity index (χ4n) is 5.83. The van der Waals surface area contributed by atoms with Crippen LogP contribution in [0.2, 0.25) is 0 Å². The fourth-order valence-corrected chi connectivity index (χ4v) is 5.83. The molecule has 0 fully saturated rings. The molecule has 0 spiro atoms. The van der Waals surface area contributed by atoms with E-state index in [1.165, 1.54) is 29.3 Å².